The number of nitrogens with zero attached hydrogens (tertiary/aromatic N) is 1. The maximum absolute atomic E-state index is 4.92. The molecule has 2 aromatic carbocycles. The van der Waals surface area contributed by atoms with Crippen LogP contribution in [0, 0.1) is 0 Å². The second-order valence-electron chi connectivity index (χ2n) is 5.58. The first-order valence-corrected chi connectivity index (χ1v) is 8.38. The van der Waals surface area contributed by atoms with E-state index in [1.807, 2.05) is 6.07 Å². The third-order valence-corrected chi connectivity index (χ3v) is 5.22. The van der Waals surface area contributed by atoms with Gasteiger partial charge in [-0.2, -0.15) is 0 Å². The molecule has 0 saturated carbocycles. The van der Waals surface area contributed by atoms with Crippen molar-refractivity contribution in [1.29, 1.82) is 0 Å². The van der Waals surface area contributed by atoms with E-state index in [0.29, 0.717) is 5.92 Å². The molecular formula is C19H17NS. The summed E-state index contributed by atoms with van der Waals surface area (Å²) >= 11 is 1.80. The highest BCUT2D eigenvalue weighted by Crippen LogP contribution is 2.38. The van der Waals surface area contributed by atoms with Crippen molar-refractivity contribution in [2.75, 3.05) is 0 Å². The molecule has 4 rings (SSSR count). The van der Waals surface area contributed by atoms with Gasteiger partial charge in [0.2, 0.25) is 0 Å². The summed E-state index contributed by atoms with van der Waals surface area (Å²) in [5, 5.41) is 3.46. The van der Waals surface area contributed by atoms with Crippen LogP contribution in [0.15, 0.2) is 60.0 Å². The molecule has 0 N–H and O–H groups in total. The zero-order valence-corrected chi connectivity index (χ0v) is 12.6. The third-order valence-electron chi connectivity index (χ3n) is 4.26. The number of benzene rings is 2. The maximum atomic E-state index is 4.92. The van der Waals surface area contributed by atoms with Gasteiger partial charge in [0.05, 0.1) is 5.69 Å². The minimum atomic E-state index is 0.484. The monoisotopic (exact) mass is 291 g/mol. The third kappa shape index (κ3) is 2.40. The fourth-order valence-electron chi connectivity index (χ4n) is 3.20. The number of hydrogen-bond donors (Lipinski definition) is 0. The summed E-state index contributed by atoms with van der Waals surface area (Å²) in [4.78, 5) is 4.92. The molecule has 21 heavy (non-hydrogen) atoms. The molecule has 0 saturated heterocycles. The number of aryl methyl sites for hydroxylation is 1. The molecule has 1 aliphatic carbocycles. The van der Waals surface area contributed by atoms with Crippen molar-refractivity contribution in [3.63, 3.8) is 0 Å². The molecule has 0 amide bonds. The SMILES string of the molecule is c1ccc(-c2csc(C3CCCc4ccccc43)n2)cc1. The maximum Gasteiger partial charge on any atom is 0.101 e. The quantitative estimate of drug-likeness (QED) is 0.626. The van der Waals surface area contributed by atoms with Crippen LogP contribution < -0.4 is 0 Å². The molecule has 1 aliphatic rings. The van der Waals surface area contributed by atoms with E-state index in [-0.39, 0.29) is 0 Å². The van der Waals surface area contributed by atoms with Crippen molar-refractivity contribution < 1.29 is 0 Å². The molecule has 3 aromatic rings. The normalized spacial score (nSPS) is 17.4. The number of thiazole rings is 1. The number of hydrogen-bond acceptors (Lipinski definition) is 2. The van der Waals surface area contributed by atoms with Crippen molar-refractivity contribution in [1.82, 2.24) is 4.98 Å². The van der Waals surface area contributed by atoms with Crippen LogP contribution in [-0.2, 0) is 6.42 Å². The molecule has 2 heteroatoms. The van der Waals surface area contributed by atoms with E-state index in [0.717, 1.165) is 5.69 Å². The molecule has 0 fully saturated rings. The van der Waals surface area contributed by atoms with Crippen molar-refractivity contribution in [3.8, 4) is 11.3 Å². The Balaban J connectivity index is 1.71. The Labute approximate surface area is 129 Å². The topological polar surface area (TPSA) is 12.9 Å². The zero-order chi connectivity index (χ0) is 14.1. The molecule has 1 unspecified atom stereocenters. The first kappa shape index (κ1) is 12.8. The predicted octanol–water partition coefficient (Wildman–Crippen LogP) is 5.28. The van der Waals surface area contributed by atoms with Gasteiger partial charge in [0.15, 0.2) is 0 Å². The lowest BCUT2D eigenvalue weighted by Gasteiger charge is -2.23. The largest absolute Gasteiger partial charge is 0.241 e. The Bertz CT molecular complexity index is 745. The highest BCUT2D eigenvalue weighted by Gasteiger charge is 2.23. The first-order chi connectivity index (χ1) is 10.4. The lowest BCUT2D eigenvalue weighted by atomic mass is 9.83. The standard InChI is InChI=1S/C19H17NS/c1-2-8-15(9-3-1)18-13-21-19(20-18)17-12-6-10-14-7-4-5-11-16(14)17/h1-5,7-9,11,13,17H,6,10,12H2. The number of rotatable bonds is 2. The lowest BCUT2D eigenvalue weighted by molar-refractivity contribution is 0.613. The van der Waals surface area contributed by atoms with Gasteiger partial charge in [0.1, 0.15) is 5.01 Å². The van der Waals surface area contributed by atoms with Gasteiger partial charge in [-0.05, 0) is 30.4 Å². The van der Waals surface area contributed by atoms with Crippen LogP contribution in [0.3, 0.4) is 0 Å². The number of aromatic nitrogens is 1. The Morgan fingerprint density at radius 3 is 2.67 bits per heavy atom. The van der Waals surface area contributed by atoms with E-state index < -0.39 is 0 Å². The molecule has 1 nitrogen and oxygen atoms in total. The van der Waals surface area contributed by atoms with Gasteiger partial charge in [-0.1, -0.05) is 54.6 Å². The Morgan fingerprint density at radius 2 is 1.76 bits per heavy atom. The van der Waals surface area contributed by atoms with E-state index >= 15 is 0 Å². The molecule has 104 valence electrons. The summed E-state index contributed by atoms with van der Waals surface area (Å²) in [6, 6.07) is 19.3. The van der Waals surface area contributed by atoms with E-state index in [1.165, 1.54) is 41.0 Å². The molecule has 1 heterocycles. The van der Waals surface area contributed by atoms with Crippen LogP contribution in [0.2, 0.25) is 0 Å². The van der Waals surface area contributed by atoms with E-state index in [9.17, 15) is 0 Å². The minimum Gasteiger partial charge on any atom is -0.241 e. The van der Waals surface area contributed by atoms with Crippen molar-refractivity contribution in [2.24, 2.45) is 0 Å². The predicted molar refractivity (Wildman–Crippen MR) is 88.8 cm³/mol. The summed E-state index contributed by atoms with van der Waals surface area (Å²) < 4.78 is 0. The van der Waals surface area contributed by atoms with Crippen molar-refractivity contribution >= 4 is 11.3 Å². The number of fused-ring (bicyclic) bond motifs is 1. The average molecular weight is 291 g/mol. The molecule has 1 aromatic heterocycles. The molecule has 0 radical (unpaired) electrons. The smallest absolute Gasteiger partial charge is 0.101 e. The van der Waals surface area contributed by atoms with Crippen LogP contribution in [0.4, 0.5) is 0 Å². The zero-order valence-electron chi connectivity index (χ0n) is 11.8. The van der Waals surface area contributed by atoms with Crippen LogP contribution in [0.1, 0.15) is 34.9 Å². The molecule has 0 spiro atoms. The second kappa shape index (κ2) is 5.45. The van der Waals surface area contributed by atoms with Gasteiger partial charge >= 0.3 is 0 Å². The summed E-state index contributed by atoms with van der Waals surface area (Å²) in [6.45, 7) is 0. The summed E-state index contributed by atoms with van der Waals surface area (Å²) in [6.07, 6.45) is 3.70. The first-order valence-electron chi connectivity index (χ1n) is 7.50. The average Bonchev–Trinajstić information content (AvgIpc) is 3.05. The van der Waals surface area contributed by atoms with Crippen LogP contribution in [0.25, 0.3) is 11.3 Å². The van der Waals surface area contributed by atoms with E-state index in [2.05, 4.69) is 53.9 Å². The molecule has 0 aliphatic heterocycles. The minimum absolute atomic E-state index is 0.484. The van der Waals surface area contributed by atoms with Gasteiger partial charge in [0.25, 0.3) is 0 Å². The summed E-state index contributed by atoms with van der Waals surface area (Å²) in [7, 11) is 0. The van der Waals surface area contributed by atoms with Crippen LogP contribution >= 0.6 is 11.3 Å². The molecular weight excluding hydrogens is 274 g/mol. The molecule has 1 atom stereocenters. The van der Waals surface area contributed by atoms with Gasteiger partial charge in [0, 0.05) is 16.9 Å². The van der Waals surface area contributed by atoms with Gasteiger partial charge in [-0.3, -0.25) is 0 Å². The molecule has 0 bridgehead atoms. The Morgan fingerprint density at radius 1 is 0.952 bits per heavy atom. The fourth-order valence-corrected chi connectivity index (χ4v) is 4.18. The van der Waals surface area contributed by atoms with Gasteiger partial charge < -0.3 is 0 Å². The van der Waals surface area contributed by atoms with Gasteiger partial charge in [-0.25, -0.2) is 4.98 Å². The fraction of sp³-hybridized carbons (Fsp3) is 0.211. The summed E-state index contributed by atoms with van der Waals surface area (Å²) in [5.74, 6) is 0.484. The lowest BCUT2D eigenvalue weighted by Crippen LogP contribution is -2.10. The van der Waals surface area contributed by atoms with Crippen molar-refractivity contribution in [2.45, 2.75) is 25.2 Å². The van der Waals surface area contributed by atoms with E-state index in [1.54, 1.807) is 11.3 Å². The summed E-state index contributed by atoms with van der Waals surface area (Å²) in [5.41, 5.74) is 5.31. The van der Waals surface area contributed by atoms with Crippen LogP contribution in [-0.4, -0.2) is 4.98 Å². The Hall–Kier alpha value is -1.93. The highest BCUT2D eigenvalue weighted by molar-refractivity contribution is 7.10. The van der Waals surface area contributed by atoms with Crippen molar-refractivity contribution in [3.05, 3.63) is 76.1 Å². The van der Waals surface area contributed by atoms with Crippen LogP contribution in [0.5, 0.6) is 0 Å². The Kier molecular flexibility index (Phi) is 3.32. The van der Waals surface area contributed by atoms with E-state index in [4.69, 9.17) is 4.98 Å². The van der Waals surface area contributed by atoms with Gasteiger partial charge in [-0.15, -0.1) is 11.3 Å². The second-order valence-corrected chi connectivity index (χ2v) is 6.47. The highest BCUT2D eigenvalue weighted by atomic mass is 32.1.